The van der Waals surface area contributed by atoms with Crippen molar-refractivity contribution in [2.75, 3.05) is 20.6 Å². The first-order valence-corrected chi connectivity index (χ1v) is 11.3. The summed E-state index contributed by atoms with van der Waals surface area (Å²) in [7, 11) is -0.722. The normalized spacial score (nSPS) is 18.6. The number of nitrogens with one attached hydrogen (secondary N) is 1. The number of ether oxygens (including phenoxy) is 2. The minimum atomic E-state index is -3.48. The highest BCUT2D eigenvalue weighted by atomic mass is 31.2. The van der Waals surface area contributed by atoms with Crippen LogP contribution in [0.4, 0.5) is 0 Å². The highest BCUT2D eigenvalue weighted by Gasteiger charge is 2.35. The second-order valence-electron chi connectivity index (χ2n) is 7.60. The quantitative estimate of drug-likeness (QED) is 0.458. The third kappa shape index (κ3) is 5.56. The third-order valence-electron chi connectivity index (χ3n) is 5.00. The van der Waals surface area contributed by atoms with Gasteiger partial charge in [-0.1, -0.05) is 39.0 Å². The maximum absolute atomic E-state index is 13.5. The molecule has 0 spiro atoms. The van der Waals surface area contributed by atoms with Crippen LogP contribution in [0.2, 0.25) is 0 Å². The average molecular weight is 397 g/mol. The molecule has 6 nitrogen and oxygen atoms in total. The van der Waals surface area contributed by atoms with Gasteiger partial charge in [0.1, 0.15) is 18.1 Å². The summed E-state index contributed by atoms with van der Waals surface area (Å²) in [4.78, 5) is 11.8. The Morgan fingerprint density at radius 2 is 1.81 bits per heavy atom. The maximum Gasteiger partial charge on any atom is 0.342 e. The fourth-order valence-electron chi connectivity index (χ4n) is 3.27. The van der Waals surface area contributed by atoms with E-state index in [1.165, 1.54) is 27.1 Å². The number of para-hydroxylation sites is 1. The Balaban J connectivity index is 2.40. The Bertz CT molecular complexity index is 702. The monoisotopic (exact) mass is 397 g/mol. The molecular weight excluding hydrogens is 365 g/mol. The van der Waals surface area contributed by atoms with Gasteiger partial charge in [0, 0.05) is 7.11 Å². The minimum absolute atomic E-state index is 0.141. The van der Waals surface area contributed by atoms with Crippen LogP contribution in [0.5, 0.6) is 5.75 Å². The molecule has 1 aliphatic rings. The van der Waals surface area contributed by atoms with E-state index in [2.05, 4.69) is 25.9 Å². The van der Waals surface area contributed by atoms with E-state index >= 15 is 0 Å². The lowest BCUT2D eigenvalue weighted by Crippen LogP contribution is -2.35. The van der Waals surface area contributed by atoms with Crippen LogP contribution in [0.3, 0.4) is 0 Å². The number of hydrogen-bond donors (Lipinski definition) is 1. The van der Waals surface area contributed by atoms with E-state index in [0.717, 1.165) is 11.1 Å². The van der Waals surface area contributed by atoms with Gasteiger partial charge in [0.05, 0.1) is 7.11 Å². The number of methoxy groups -OCH3 is 2. The van der Waals surface area contributed by atoms with Crippen LogP contribution >= 0.6 is 7.52 Å². The molecule has 1 unspecified atom stereocenters. The van der Waals surface area contributed by atoms with Crippen molar-refractivity contribution in [2.24, 2.45) is 5.92 Å². The number of benzene rings is 1. The van der Waals surface area contributed by atoms with Crippen LogP contribution in [0.1, 0.15) is 63.5 Å². The van der Waals surface area contributed by atoms with Crippen molar-refractivity contribution in [3.05, 3.63) is 29.3 Å². The molecule has 152 valence electrons. The summed E-state index contributed by atoms with van der Waals surface area (Å²) in [6.45, 7) is 7.95. The fraction of sp³-hybridized carbons (Fsp3) is 0.650. The van der Waals surface area contributed by atoms with Crippen LogP contribution in [-0.4, -0.2) is 32.6 Å². The first-order chi connectivity index (χ1) is 12.7. The van der Waals surface area contributed by atoms with E-state index in [0.29, 0.717) is 17.6 Å². The van der Waals surface area contributed by atoms with Gasteiger partial charge in [-0.05, 0) is 48.6 Å². The Kier molecular flexibility index (Phi) is 7.49. The molecule has 0 heterocycles. The molecule has 1 aromatic carbocycles. The van der Waals surface area contributed by atoms with E-state index in [-0.39, 0.29) is 12.3 Å². The lowest BCUT2D eigenvalue weighted by atomic mass is 9.90. The zero-order valence-electron chi connectivity index (χ0n) is 17.2. The van der Waals surface area contributed by atoms with Crippen LogP contribution in [0.15, 0.2) is 18.2 Å². The zero-order valence-corrected chi connectivity index (χ0v) is 18.0. The molecule has 1 fully saturated rings. The van der Waals surface area contributed by atoms with Crippen LogP contribution in [0.25, 0.3) is 0 Å². The maximum atomic E-state index is 13.5. The van der Waals surface area contributed by atoms with Gasteiger partial charge in [-0.25, -0.2) is 5.09 Å². The Morgan fingerprint density at radius 1 is 1.19 bits per heavy atom. The molecule has 0 saturated heterocycles. The Hall–Kier alpha value is -1.36. The van der Waals surface area contributed by atoms with Crippen LogP contribution < -0.4 is 9.61 Å². The van der Waals surface area contributed by atoms with Crippen molar-refractivity contribution in [1.29, 1.82) is 0 Å². The van der Waals surface area contributed by atoms with Crippen molar-refractivity contribution in [3.8, 4) is 5.75 Å². The van der Waals surface area contributed by atoms with Crippen molar-refractivity contribution < 1.29 is 23.4 Å². The topological polar surface area (TPSA) is 73.9 Å². The molecule has 1 saturated carbocycles. The fourth-order valence-corrected chi connectivity index (χ4v) is 5.00. The second-order valence-corrected chi connectivity index (χ2v) is 9.65. The van der Waals surface area contributed by atoms with E-state index in [1.807, 2.05) is 18.2 Å². The molecule has 27 heavy (non-hydrogen) atoms. The minimum Gasteiger partial charge on any atom is -0.468 e. The zero-order chi connectivity index (χ0) is 20.2. The van der Waals surface area contributed by atoms with Gasteiger partial charge in [-0.3, -0.25) is 9.36 Å². The number of carbonyl (C=O) groups excluding carboxylic acids is 1. The summed E-state index contributed by atoms with van der Waals surface area (Å²) in [5, 5.41) is 2.80. The van der Waals surface area contributed by atoms with Gasteiger partial charge in [0.25, 0.3) is 0 Å². The van der Waals surface area contributed by atoms with E-state index in [9.17, 15) is 9.36 Å². The van der Waals surface area contributed by atoms with E-state index in [4.69, 9.17) is 14.0 Å². The molecule has 3 atom stereocenters. The summed E-state index contributed by atoms with van der Waals surface area (Å²) in [6, 6.07) is 5.31. The highest BCUT2D eigenvalue weighted by molar-refractivity contribution is 7.57. The number of rotatable bonds is 10. The van der Waals surface area contributed by atoms with Crippen LogP contribution in [-0.2, 0) is 18.8 Å². The van der Waals surface area contributed by atoms with E-state index < -0.39 is 19.5 Å². The summed E-state index contributed by atoms with van der Waals surface area (Å²) in [5.74, 6) is 1.32. The summed E-state index contributed by atoms with van der Waals surface area (Å²) in [5.41, 5.74) is 2.07. The number of esters is 1. The predicted molar refractivity (Wildman–Crippen MR) is 106 cm³/mol. The second kappa shape index (κ2) is 9.22. The summed E-state index contributed by atoms with van der Waals surface area (Å²) < 4.78 is 29.5. The first kappa shape index (κ1) is 21.9. The molecule has 7 heteroatoms. The molecule has 0 amide bonds. The van der Waals surface area contributed by atoms with Crippen molar-refractivity contribution in [2.45, 2.75) is 58.4 Å². The molecular formula is C20H32NO5P. The smallest absolute Gasteiger partial charge is 0.342 e. The van der Waals surface area contributed by atoms with Crippen molar-refractivity contribution >= 4 is 13.5 Å². The highest BCUT2D eigenvalue weighted by Crippen LogP contribution is 2.51. The summed E-state index contributed by atoms with van der Waals surface area (Å²) >= 11 is 0. The molecule has 1 aliphatic carbocycles. The number of hydrogen-bond acceptors (Lipinski definition) is 5. The standard InChI is InChI=1S/C20H32NO5P/c1-13(2)17-8-7-9-18(14(3)16-10-11-16)19(17)26-27(23,12-24-5)21-15(4)20(22)25-6/h7-9,13-16H,10-12H2,1-6H3,(H,21,23)/t14-,15+,27?/m1/s1. The molecule has 0 aromatic heterocycles. The van der Waals surface area contributed by atoms with Gasteiger partial charge >= 0.3 is 13.5 Å². The lowest BCUT2D eigenvalue weighted by molar-refractivity contribution is -0.142. The van der Waals surface area contributed by atoms with Crippen LogP contribution in [0, 0.1) is 5.92 Å². The van der Waals surface area contributed by atoms with Crippen molar-refractivity contribution in [1.82, 2.24) is 5.09 Å². The van der Waals surface area contributed by atoms with Gasteiger partial charge in [-0.15, -0.1) is 0 Å². The molecule has 1 aromatic rings. The largest absolute Gasteiger partial charge is 0.468 e. The van der Waals surface area contributed by atoms with E-state index in [1.54, 1.807) is 6.92 Å². The van der Waals surface area contributed by atoms with Gasteiger partial charge in [0.15, 0.2) is 0 Å². The predicted octanol–water partition coefficient (Wildman–Crippen LogP) is 4.65. The van der Waals surface area contributed by atoms with Gasteiger partial charge in [-0.2, -0.15) is 0 Å². The molecule has 0 radical (unpaired) electrons. The number of carbonyl (C=O) groups is 1. The SMILES string of the molecule is COCP(=O)(N[C@@H](C)C(=O)OC)Oc1c(C(C)C)cccc1[C@H](C)C1CC1. The third-order valence-corrected chi connectivity index (χ3v) is 6.86. The first-order valence-electron chi connectivity index (χ1n) is 9.48. The Morgan fingerprint density at radius 3 is 2.33 bits per heavy atom. The molecule has 1 N–H and O–H groups in total. The average Bonchev–Trinajstić information content (AvgIpc) is 3.45. The van der Waals surface area contributed by atoms with Gasteiger partial charge in [0.2, 0.25) is 0 Å². The Labute approximate surface area is 162 Å². The van der Waals surface area contributed by atoms with Crippen molar-refractivity contribution in [3.63, 3.8) is 0 Å². The van der Waals surface area contributed by atoms with Gasteiger partial charge < -0.3 is 14.0 Å². The molecule has 0 aliphatic heterocycles. The lowest BCUT2D eigenvalue weighted by Gasteiger charge is -2.27. The summed E-state index contributed by atoms with van der Waals surface area (Å²) in [6.07, 6.45) is 2.28. The molecule has 0 bridgehead atoms. The molecule has 2 rings (SSSR count).